The van der Waals surface area contributed by atoms with Gasteiger partial charge in [0, 0.05) is 39.8 Å². The normalized spacial score (nSPS) is 22.2. The van der Waals surface area contributed by atoms with Gasteiger partial charge in [0.2, 0.25) is 5.91 Å². The van der Waals surface area contributed by atoms with Crippen molar-refractivity contribution in [1.82, 2.24) is 15.1 Å². The van der Waals surface area contributed by atoms with E-state index in [1.165, 1.54) is 0 Å². The summed E-state index contributed by atoms with van der Waals surface area (Å²) in [6.45, 7) is 5.91. The highest BCUT2D eigenvalue weighted by molar-refractivity contribution is 5.83. The molecule has 1 amide bonds. The molecule has 1 aromatic rings. The van der Waals surface area contributed by atoms with Crippen LogP contribution in [0.2, 0.25) is 0 Å². The zero-order chi connectivity index (χ0) is 18.4. The second-order valence-electron chi connectivity index (χ2n) is 7.48. The summed E-state index contributed by atoms with van der Waals surface area (Å²) in [5.74, 6) is 0.240. The molecule has 26 heavy (non-hydrogen) atoms. The first-order valence-corrected chi connectivity index (χ1v) is 9.59. The minimum absolute atomic E-state index is 0.240. The Labute approximate surface area is 156 Å². The van der Waals surface area contributed by atoms with Crippen molar-refractivity contribution in [3.63, 3.8) is 0 Å². The molecule has 0 radical (unpaired) electrons. The topological polar surface area (TPSA) is 65.0 Å². The van der Waals surface area contributed by atoms with E-state index < -0.39 is 6.10 Å². The minimum atomic E-state index is -0.484. The van der Waals surface area contributed by atoms with Crippen LogP contribution >= 0.6 is 0 Å². The van der Waals surface area contributed by atoms with Crippen LogP contribution in [-0.4, -0.2) is 80.3 Å². The molecule has 6 heteroatoms. The average Bonchev–Trinajstić information content (AvgIpc) is 2.69. The van der Waals surface area contributed by atoms with E-state index in [1.807, 2.05) is 35.2 Å². The molecule has 6 nitrogen and oxygen atoms in total. The van der Waals surface area contributed by atoms with Gasteiger partial charge in [-0.3, -0.25) is 9.69 Å². The molecule has 1 unspecified atom stereocenters. The van der Waals surface area contributed by atoms with Gasteiger partial charge in [0.05, 0.1) is 18.1 Å². The summed E-state index contributed by atoms with van der Waals surface area (Å²) in [5, 5.41) is 13.8. The minimum Gasteiger partial charge on any atom is -0.387 e. The number of nitrogens with zero attached hydrogens (tertiary/aromatic N) is 2. The van der Waals surface area contributed by atoms with Crippen LogP contribution in [0.3, 0.4) is 0 Å². The number of aliphatic hydroxyl groups excluding tert-OH is 1. The quantitative estimate of drug-likeness (QED) is 0.788. The Morgan fingerprint density at radius 3 is 2.46 bits per heavy atom. The van der Waals surface area contributed by atoms with Crippen molar-refractivity contribution in [2.24, 2.45) is 5.41 Å². The van der Waals surface area contributed by atoms with Crippen molar-refractivity contribution in [3.05, 3.63) is 35.9 Å². The summed E-state index contributed by atoms with van der Waals surface area (Å²) in [7, 11) is 1.68. The molecule has 0 bridgehead atoms. The maximum absolute atomic E-state index is 13.2. The molecule has 2 heterocycles. The smallest absolute Gasteiger partial charge is 0.231 e. The lowest BCUT2D eigenvalue weighted by Gasteiger charge is -2.43. The van der Waals surface area contributed by atoms with Crippen LogP contribution in [0.15, 0.2) is 30.3 Å². The van der Waals surface area contributed by atoms with E-state index in [0.29, 0.717) is 13.2 Å². The summed E-state index contributed by atoms with van der Waals surface area (Å²) < 4.78 is 5.40. The lowest BCUT2D eigenvalue weighted by atomic mass is 9.78. The Hall–Kier alpha value is -1.47. The summed E-state index contributed by atoms with van der Waals surface area (Å²) in [6, 6.07) is 9.76. The average molecular weight is 361 g/mol. The summed E-state index contributed by atoms with van der Waals surface area (Å²) in [6.07, 6.45) is 1.20. The van der Waals surface area contributed by atoms with Gasteiger partial charge in [-0.05, 0) is 31.5 Å². The molecular formula is C20H31N3O3. The number of hydrogen-bond donors (Lipinski definition) is 2. The van der Waals surface area contributed by atoms with E-state index in [-0.39, 0.29) is 11.3 Å². The van der Waals surface area contributed by atoms with Crippen LogP contribution < -0.4 is 5.32 Å². The Morgan fingerprint density at radius 1 is 1.19 bits per heavy atom. The van der Waals surface area contributed by atoms with Crippen LogP contribution in [0.25, 0.3) is 0 Å². The van der Waals surface area contributed by atoms with Gasteiger partial charge in [-0.1, -0.05) is 30.3 Å². The Balaban J connectivity index is 1.53. The molecule has 0 aliphatic carbocycles. The molecular weight excluding hydrogens is 330 g/mol. The highest BCUT2D eigenvalue weighted by Gasteiger charge is 2.42. The van der Waals surface area contributed by atoms with Gasteiger partial charge in [-0.25, -0.2) is 0 Å². The summed E-state index contributed by atoms with van der Waals surface area (Å²) >= 11 is 0. The number of carbonyl (C=O) groups excluding carboxylic acids is 1. The molecule has 2 saturated heterocycles. The van der Waals surface area contributed by atoms with E-state index in [9.17, 15) is 9.90 Å². The molecule has 0 saturated carbocycles. The third-order valence-corrected chi connectivity index (χ3v) is 5.71. The second-order valence-corrected chi connectivity index (χ2v) is 7.48. The number of nitrogens with one attached hydrogen (secondary N) is 1. The number of piperidine rings is 1. The third-order valence-electron chi connectivity index (χ3n) is 5.71. The molecule has 0 spiro atoms. The number of carbonyl (C=O) groups is 1. The van der Waals surface area contributed by atoms with E-state index in [2.05, 4.69) is 10.2 Å². The molecule has 3 rings (SSSR count). The van der Waals surface area contributed by atoms with Gasteiger partial charge in [-0.2, -0.15) is 0 Å². The van der Waals surface area contributed by atoms with Gasteiger partial charge in [-0.15, -0.1) is 0 Å². The monoisotopic (exact) mass is 361 g/mol. The van der Waals surface area contributed by atoms with Crippen LogP contribution in [0.4, 0.5) is 0 Å². The third kappa shape index (κ3) is 4.43. The number of hydrogen-bond acceptors (Lipinski definition) is 5. The van der Waals surface area contributed by atoms with Gasteiger partial charge >= 0.3 is 0 Å². The van der Waals surface area contributed by atoms with Gasteiger partial charge in [0.15, 0.2) is 0 Å². The van der Waals surface area contributed by atoms with E-state index >= 15 is 0 Å². The number of aliphatic hydroxyl groups is 1. The Bertz CT molecular complexity index is 561. The number of amides is 1. The standard InChI is InChI=1S/C20H31N3O3/c1-26-16-20(7-9-21-10-8-20)19(25)23-13-11-22(12-14-23)15-18(24)17-5-3-2-4-6-17/h2-6,18,21,24H,7-16H2,1H3. The van der Waals surface area contributed by atoms with Gasteiger partial charge in [0.25, 0.3) is 0 Å². The first kappa shape index (κ1) is 19.3. The summed E-state index contributed by atoms with van der Waals surface area (Å²) in [5.41, 5.74) is 0.575. The van der Waals surface area contributed by atoms with Crippen LogP contribution in [0.1, 0.15) is 24.5 Å². The Kier molecular flexibility index (Phi) is 6.64. The van der Waals surface area contributed by atoms with E-state index in [0.717, 1.165) is 57.7 Å². The van der Waals surface area contributed by atoms with E-state index in [1.54, 1.807) is 7.11 Å². The predicted molar refractivity (Wildman–Crippen MR) is 101 cm³/mol. The predicted octanol–water partition coefficient (Wildman–Crippen LogP) is 0.880. The fourth-order valence-electron chi connectivity index (χ4n) is 4.10. The highest BCUT2D eigenvalue weighted by Crippen LogP contribution is 2.32. The molecule has 2 fully saturated rings. The van der Waals surface area contributed by atoms with Crippen molar-refractivity contribution in [2.45, 2.75) is 18.9 Å². The van der Waals surface area contributed by atoms with Crippen molar-refractivity contribution < 1.29 is 14.6 Å². The van der Waals surface area contributed by atoms with Crippen LogP contribution in [-0.2, 0) is 9.53 Å². The molecule has 2 aliphatic rings. The zero-order valence-electron chi connectivity index (χ0n) is 15.7. The fraction of sp³-hybridized carbons (Fsp3) is 0.650. The number of rotatable bonds is 6. The SMILES string of the molecule is COCC1(C(=O)N2CCN(CC(O)c3ccccc3)CC2)CCNCC1. The van der Waals surface area contributed by atoms with Gasteiger partial charge < -0.3 is 20.1 Å². The molecule has 1 aromatic carbocycles. The van der Waals surface area contributed by atoms with Crippen molar-refractivity contribution in [2.75, 3.05) is 59.5 Å². The van der Waals surface area contributed by atoms with Gasteiger partial charge in [0.1, 0.15) is 0 Å². The maximum Gasteiger partial charge on any atom is 0.231 e. The number of benzene rings is 1. The molecule has 2 N–H and O–H groups in total. The number of methoxy groups -OCH3 is 1. The number of piperazine rings is 1. The zero-order valence-corrected chi connectivity index (χ0v) is 15.7. The first-order valence-electron chi connectivity index (χ1n) is 9.59. The van der Waals surface area contributed by atoms with Crippen molar-refractivity contribution in [1.29, 1.82) is 0 Å². The Morgan fingerprint density at radius 2 is 1.85 bits per heavy atom. The van der Waals surface area contributed by atoms with Crippen LogP contribution in [0, 0.1) is 5.41 Å². The maximum atomic E-state index is 13.2. The van der Waals surface area contributed by atoms with Crippen LogP contribution in [0.5, 0.6) is 0 Å². The largest absolute Gasteiger partial charge is 0.387 e. The number of ether oxygens (including phenoxy) is 1. The lowest BCUT2D eigenvalue weighted by molar-refractivity contribution is -0.149. The molecule has 144 valence electrons. The fourth-order valence-corrected chi connectivity index (χ4v) is 4.10. The van der Waals surface area contributed by atoms with Crippen molar-refractivity contribution in [3.8, 4) is 0 Å². The highest BCUT2D eigenvalue weighted by atomic mass is 16.5. The lowest BCUT2D eigenvalue weighted by Crippen LogP contribution is -2.56. The molecule has 0 aromatic heterocycles. The first-order chi connectivity index (χ1) is 12.6. The number of β-amino-alcohol motifs (C(OH)–C–C–N with tert-alkyl or cyclic N) is 1. The molecule has 2 aliphatic heterocycles. The van der Waals surface area contributed by atoms with Crippen molar-refractivity contribution >= 4 is 5.91 Å². The molecule has 1 atom stereocenters. The second kappa shape index (κ2) is 8.95. The summed E-state index contributed by atoms with van der Waals surface area (Å²) in [4.78, 5) is 17.4. The van der Waals surface area contributed by atoms with E-state index in [4.69, 9.17) is 4.74 Å².